The number of hydrogen-bond acceptors (Lipinski definition) is 5. The molecule has 1 aromatic heterocycles. The Morgan fingerprint density at radius 3 is 2.90 bits per heavy atom. The van der Waals surface area contributed by atoms with E-state index in [9.17, 15) is 4.39 Å². The normalized spacial score (nSPS) is 15.1. The Morgan fingerprint density at radius 2 is 2.25 bits per heavy atom. The van der Waals surface area contributed by atoms with Crippen LogP contribution in [0.15, 0.2) is 22.7 Å². The molecule has 0 radical (unpaired) electrons. The minimum Gasteiger partial charge on any atom is -0.493 e. The summed E-state index contributed by atoms with van der Waals surface area (Å²) in [6, 6.07) is 4.31. The fraction of sp³-hybridized carbons (Fsp3) is 0.429. The molecule has 2 aromatic rings. The smallest absolute Gasteiger partial charge is 0.240 e. The molecule has 1 aromatic carbocycles. The second kappa shape index (κ2) is 5.58. The van der Waals surface area contributed by atoms with Crippen molar-refractivity contribution in [2.24, 2.45) is 11.7 Å². The van der Waals surface area contributed by atoms with Gasteiger partial charge in [0, 0.05) is 0 Å². The van der Waals surface area contributed by atoms with Crippen LogP contribution in [0.25, 0.3) is 11.4 Å². The summed E-state index contributed by atoms with van der Waals surface area (Å²) in [4.78, 5) is 4.11. The molecule has 1 saturated carbocycles. The lowest BCUT2D eigenvalue weighted by Gasteiger charge is -2.25. The highest BCUT2D eigenvalue weighted by Crippen LogP contribution is 2.32. The fourth-order valence-corrected chi connectivity index (χ4v) is 2.12. The maximum absolute atomic E-state index is 13.4. The van der Waals surface area contributed by atoms with Gasteiger partial charge in [0.25, 0.3) is 0 Å². The van der Waals surface area contributed by atoms with E-state index in [-0.39, 0.29) is 12.4 Å². The summed E-state index contributed by atoms with van der Waals surface area (Å²) in [6.07, 6.45) is 3.64. The molecule has 6 heteroatoms. The molecule has 0 spiro atoms. The maximum Gasteiger partial charge on any atom is 0.240 e. The summed E-state index contributed by atoms with van der Waals surface area (Å²) in [6.45, 7) is 0.792. The van der Waals surface area contributed by atoms with Gasteiger partial charge in [0.05, 0.1) is 18.7 Å². The van der Waals surface area contributed by atoms with Crippen molar-refractivity contribution in [2.45, 2.75) is 25.8 Å². The molecule has 2 N–H and O–H groups in total. The van der Waals surface area contributed by atoms with E-state index in [4.69, 9.17) is 15.0 Å². The first-order valence-electron chi connectivity index (χ1n) is 6.71. The summed E-state index contributed by atoms with van der Waals surface area (Å²) in [5, 5.41) is 3.81. The first-order chi connectivity index (χ1) is 9.76. The zero-order valence-corrected chi connectivity index (χ0v) is 11.0. The van der Waals surface area contributed by atoms with E-state index in [1.54, 1.807) is 6.07 Å². The van der Waals surface area contributed by atoms with Crippen LogP contribution in [0.2, 0.25) is 0 Å². The molecule has 0 atom stereocenters. The molecule has 0 amide bonds. The van der Waals surface area contributed by atoms with Crippen molar-refractivity contribution < 1.29 is 13.7 Å². The van der Waals surface area contributed by atoms with Gasteiger partial charge < -0.3 is 15.0 Å². The van der Waals surface area contributed by atoms with Crippen molar-refractivity contribution in [3.63, 3.8) is 0 Å². The number of ether oxygens (including phenoxy) is 1. The van der Waals surface area contributed by atoms with E-state index in [1.807, 2.05) is 0 Å². The molecule has 1 fully saturated rings. The van der Waals surface area contributed by atoms with Gasteiger partial charge in [0.2, 0.25) is 11.7 Å². The van der Waals surface area contributed by atoms with Crippen molar-refractivity contribution in [2.75, 3.05) is 6.61 Å². The van der Waals surface area contributed by atoms with Gasteiger partial charge in [-0.05, 0) is 37.0 Å². The van der Waals surface area contributed by atoms with Crippen LogP contribution in [-0.2, 0) is 6.54 Å². The number of nitrogens with two attached hydrogens (primary N) is 1. The average molecular weight is 277 g/mol. The highest BCUT2D eigenvalue weighted by atomic mass is 19.1. The van der Waals surface area contributed by atoms with E-state index in [2.05, 4.69) is 10.1 Å². The van der Waals surface area contributed by atoms with E-state index in [0.717, 1.165) is 0 Å². The van der Waals surface area contributed by atoms with Crippen molar-refractivity contribution in [1.29, 1.82) is 0 Å². The third-order valence-electron chi connectivity index (χ3n) is 3.52. The molecule has 106 valence electrons. The molecule has 1 aliphatic carbocycles. The van der Waals surface area contributed by atoms with Crippen LogP contribution in [0.1, 0.15) is 25.2 Å². The van der Waals surface area contributed by atoms with Crippen LogP contribution in [0, 0.1) is 11.7 Å². The van der Waals surface area contributed by atoms with Gasteiger partial charge >= 0.3 is 0 Å². The Labute approximate surface area is 115 Å². The highest BCUT2D eigenvalue weighted by molar-refractivity contribution is 5.63. The third kappa shape index (κ3) is 2.65. The summed E-state index contributed by atoms with van der Waals surface area (Å²) >= 11 is 0. The van der Waals surface area contributed by atoms with Crippen LogP contribution in [-0.4, -0.2) is 16.7 Å². The van der Waals surface area contributed by atoms with Gasteiger partial charge in [-0.25, -0.2) is 4.39 Å². The fourth-order valence-electron chi connectivity index (χ4n) is 2.12. The first-order valence-corrected chi connectivity index (χ1v) is 6.71. The molecule has 0 bridgehead atoms. The molecule has 0 unspecified atom stereocenters. The lowest BCUT2D eigenvalue weighted by atomic mass is 9.86. The van der Waals surface area contributed by atoms with E-state index in [0.29, 0.717) is 35.6 Å². The minimum absolute atomic E-state index is 0.153. The van der Waals surface area contributed by atoms with Crippen molar-refractivity contribution >= 4 is 0 Å². The Hall–Kier alpha value is -1.95. The number of rotatable bonds is 5. The molecule has 5 nitrogen and oxygen atoms in total. The number of aromatic nitrogens is 2. The predicted octanol–water partition coefficient (Wildman–Crippen LogP) is 2.51. The average Bonchev–Trinajstić information content (AvgIpc) is 2.87. The molecule has 1 aliphatic rings. The molecule has 1 heterocycles. The van der Waals surface area contributed by atoms with Crippen LogP contribution in [0.5, 0.6) is 5.75 Å². The van der Waals surface area contributed by atoms with Gasteiger partial charge in [-0.15, -0.1) is 0 Å². The summed E-state index contributed by atoms with van der Waals surface area (Å²) in [5.74, 6) is 1.42. The topological polar surface area (TPSA) is 74.2 Å². The first kappa shape index (κ1) is 13.1. The summed E-state index contributed by atoms with van der Waals surface area (Å²) in [5.41, 5.74) is 5.92. The Morgan fingerprint density at radius 1 is 1.40 bits per heavy atom. The highest BCUT2D eigenvalue weighted by Gasteiger charge is 2.20. The van der Waals surface area contributed by atoms with Gasteiger partial charge in [0.1, 0.15) is 11.6 Å². The van der Waals surface area contributed by atoms with Crippen LogP contribution >= 0.6 is 0 Å². The maximum atomic E-state index is 13.4. The third-order valence-corrected chi connectivity index (χ3v) is 3.52. The zero-order chi connectivity index (χ0) is 13.9. The summed E-state index contributed by atoms with van der Waals surface area (Å²) in [7, 11) is 0. The van der Waals surface area contributed by atoms with Crippen molar-refractivity contribution in [1.82, 2.24) is 10.1 Å². The molecular weight excluding hydrogens is 261 g/mol. The Bertz CT molecular complexity index is 596. The molecule has 3 rings (SSSR count). The van der Waals surface area contributed by atoms with E-state index < -0.39 is 0 Å². The van der Waals surface area contributed by atoms with Crippen LogP contribution in [0.4, 0.5) is 4.39 Å². The predicted molar refractivity (Wildman–Crippen MR) is 70.4 cm³/mol. The van der Waals surface area contributed by atoms with Gasteiger partial charge in [-0.1, -0.05) is 11.6 Å². The van der Waals surface area contributed by atoms with Crippen molar-refractivity contribution in [3.05, 3.63) is 29.9 Å². The van der Waals surface area contributed by atoms with E-state index >= 15 is 0 Å². The number of hydrogen-bond donors (Lipinski definition) is 1. The summed E-state index contributed by atoms with van der Waals surface area (Å²) < 4.78 is 24.2. The number of halogens is 1. The number of benzene rings is 1. The molecule has 0 saturated heterocycles. The monoisotopic (exact) mass is 277 g/mol. The largest absolute Gasteiger partial charge is 0.493 e. The molecular formula is C14H16FN3O2. The molecule has 20 heavy (non-hydrogen) atoms. The Kier molecular flexibility index (Phi) is 3.64. The lowest BCUT2D eigenvalue weighted by molar-refractivity contribution is 0.181. The minimum atomic E-state index is -0.366. The molecule has 0 aliphatic heterocycles. The Balaban J connectivity index is 1.84. The van der Waals surface area contributed by atoms with Gasteiger partial charge in [0.15, 0.2) is 0 Å². The van der Waals surface area contributed by atoms with E-state index in [1.165, 1.54) is 31.4 Å². The van der Waals surface area contributed by atoms with Crippen molar-refractivity contribution in [3.8, 4) is 17.1 Å². The van der Waals surface area contributed by atoms with Crippen LogP contribution in [0.3, 0.4) is 0 Å². The zero-order valence-electron chi connectivity index (χ0n) is 11.0. The quantitative estimate of drug-likeness (QED) is 0.909. The standard InChI is InChI=1S/C14H16FN3O2/c15-10-4-5-12(19-8-9-2-1-3-9)11(6-10)14-17-13(7-16)20-18-14/h4-6,9H,1-3,7-8,16H2. The van der Waals surface area contributed by atoms with Gasteiger partial charge in [-0.3, -0.25) is 0 Å². The van der Waals surface area contributed by atoms with Crippen LogP contribution < -0.4 is 10.5 Å². The van der Waals surface area contributed by atoms with Gasteiger partial charge in [-0.2, -0.15) is 4.98 Å². The second-order valence-corrected chi connectivity index (χ2v) is 4.96. The lowest BCUT2D eigenvalue weighted by Crippen LogP contribution is -2.19. The SMILES string of the molecule is NCc1nc(-c2cc(F)ccc2OCC2CCC2)no1. The second-order valence-electron chi connectivity index (χ2n) is 4.96. The number of nitrogens with zero attached hydrogens (tertiary/aromatic N) is 2.